The summed E-state index contributed by atoms with van der Waals surface area (Å²) in [4.78, 5) is 37.1. The molecule has 7 heteroatoms. The molecule has 1 aliphatic rings. The van der Waals surface area contributed by atoms with E-state index in [0.29, 0.717) is 6.42 Å². The van der Waals surface area contributed by atoms with E-state index in [-0.39, 0.29) is 36.3 Å². The van der Waals surface area contributed by atoms with Gasteiger partial charge in [-0.25, -0.2) is 9.59 Å². The summed E-state index contributed by atoms with van der Waals surface area (Å²) in [5.74, 6) is -2.37. The molecule has 2 amide bonds. The molecule has 3 N–H and O–H groups in total. The number of amides is 2. The second kappa shape index (κ2) is 10.9. The van der Waals surface area contributed by atoms with Crippen molar-refractivity contribution in [2.45, 2.75) is 53.0 Å². The van der Waals surface area contributed by atoms with Crippen LogP contribution in [0.5, 0.6) is 0 Å². The molecule has 0 heterocycles. The van der Waals surface area contributed by atoms with E-state index in [9.17, 15) is 19.5 Å². The largest absolute Gasteiger partial charge is 0.480 e. The maximum absolute atomic E-state index is 12.9. The molecule has 2 aromatic rings. The Hall–Kier alpha value is -3.35. The molecule has 2 aromatic carbocycles. The van der Waals surface area contributed by atoms with Crippen molar-refractivity contribution in [2.24, 2.45) is 17.3 Å². The first-order valence-electron chi connectivity index (χ1n) is 12.1. The summed E-state index contributed by atoms with van der Waals surface area (Å²) in [5.41, 5.74) is 4.36. The van der Waals surface area contributed by atoms with Crippen LogP contribution in [-0.4, -0.2) is 42.3 Å². The monoisotopic (exact) mass is 480 g/mol. The Kier molecular flexibility index (Phi) is 8.20. The lowest BCUT2D eigenvalue weighted by atomic mass is 9.84. The average molecular weight is 481 g/mol. The molecule has 0 saturated heterocycles. The van der Waals surface area contributed by atoms with Crippen molar-refractivity contribution in [1.29, 1.82) is 0 Å². The molecule has 188 valence electrons. The SMILES string of the molecule is CC(C)[C@H](NC(=O)C(CNC(=O)OCC1c2ccccc2-c2ccccc21)CC(C)(C)C)C(=O)O. The second-order valence-electron chi connectivity index (χ2n) is 10.7. The van der Waals surface area contributed by atoms with Gasteiger partial charge in [-0.2, -0.15) is 0 Å². The highest BCUT2D eigenvalue weighted by atomic mass is 16.5. The average Bonchev–Trinajstić information content (AvgIpc) is 3.11. The predicted octanol–water partition coefficient (Wildman–Crippen LogP) is 4.80. The number of hydrogen-bond donors (Lipinski definition) is 3. The first kappa shape index (κ1) is 26.3. The highest BCUT2D eigenvalue weighted by Gasteiger charge is 2.32. The smallest absolute Gasteiger partial charge is 0.407 e. The number of carbonyl (C=O) groups is 3. The first-order valence-corrected chi connectivity index (χ1v) is 12.1. The quantitative estimate of drug-likeness (QED) is 0.478. The number of carbonyl (C=O) groups excluding carboxylic acids is 2. The molecule has 0 aliphatic heterocycles. The first-order chi connectivity index (χ1) is 16.5. The van der Waals surface area contributed by atoms with Gasteiger partial charge in [0.2, 0.25) is 5.91 Å². The highest BCUT2D eigenvalue weighted by Crippen LogP contribution is 2.44. The van der Waals surface area contributed by atoms with Gasteiger partial charge in [0.1, 0.15) is 12.6 Å². The minimum atomic E-state index is -1.08. The number of nitrogens with one attached hydrogen (secondary N) is 2. The van der Waals surface area contributed by atoms with E-state index in [1.807, 2.05) is 45.0 Å². The zero-order chi connectivity index (χ0) is 25.8. The highest BCUT2D eigenvalue weighted by molar-refractivity contribution is 5.85. The van der Waals surface area contributed by atoms with E-state index in [2.05, 4.69) is 34.9 Å². The molecular formula is C28H36N2O5. The third-order valence-electron chi connectivity index (χ3n) is 6.30. The second-order valence-corrected chi connectivity index (χ2v) is 10.7. The number of alkyl carbamates (subject to hydrolysis) is 1. The van der Waals surface area contributed by atoms with Crippen LogP contribution in [0.3, 0.4) is 0 Å². The summed E-state index contributed by atoms with van der Waals surface area (Å²) < 4.78 is 5.58. The van der Waals surface area contributed by atoms with Gasteiger partial charge >= 0.3 is 12.1 Å². The zero-order valence-electron chi connectivity index (χ0n) is 21.1. The van der Waals surface area contributed by atoms with E-state index in [1.54, 1.807) is 13.8 Å². The van der Waals surface area contributed by atoms with Crippen molar-refractivity contribution in [3.63, 3.8) is 0 Å². The molecule has 0 aromatic heterocycles. The van der Waals surface area contributed by atoms with Crippen molar-refractivity contribution in [3.05, 3.63) is 59.7 Å². The van der Waals surface area contributed by atoms with Gasteiger partial charge in [-0.05, 0) is 40.0 Å². The Labute approximate surface area is 207 Å². The lowest BCUT2D eigenvalue weighted by Crippen LogP contribution is -2.49. The Bertz CT molecular complexity index is 1030. The lowest BCUT2D eigenvalue weighted by molar-refractivity contribution is -0.143. The number of fused-ring (bicyclic) bond motifs is 3. The Balaban J connectivity index is 1.63. The van der Waals surface area contributed by atoms with Gasteiger partial charge in [0.25, 0.3) is 0 Å². The maximum atomic E-state index is 12.9. The fourth-order valence-electron chi connectivity index (χ4n) is 4.64. The van der Waals surface area contributed by atoms with Crippen LogP contribution in [0.1, 0.15) is 58.1 Å². The van der Waals surface area contributed by atoms with Gasteiger partial charge in [0.15, 0.2) is 0 Å². The summed E-state index contributed by atoms with van der Waals surface area (Å²) in [5, 5.41) is 14.8. The summed E-state index contributed by atoms with van der Waals surface area (Å²) in [6.07, 6.45) is -0.121. The molecule has 35 heavy (non-hydrogen) atoms. The number of aliphatic carboxylic acids is 1. The van der Waals surface area contributed by atoms with Crippen LogP contribution in [-0.2, 0) is 14.3 Å². The normalized spacial score (nSPS) is 14.6. The zero-order valence-corrected chi connectivity index (χ0v) is 21.1. The van der Waals surface area contributed by atoms with Crippen molar-refractivity contribution < 1.29 is 24.2 Å². The number of rotatable bonds is 9. The predicted molar refractivity (Wildman–Crippen MR) is 135 cm³/mol. The van der Waals surface area contributed by atoms with Gasteiger partial charge in [-0.1, -0.05) is 83.1 Å². The molecule has 0 bridgehead atoms. The Morgan fingerprint density at radius 1 is 0.971 bits per heavy atom. The molecule has 1 aliphatic carbocycles. The molecule has 0 saturated carbocycles. The molecule has 0 spiro atoms. The number of benzene rings is 2. The van der Waals surface area contributed by atoms with Gasteiger partial charge in [-0.3, -0.25) is 4.79 Å². The third kappa shape index (κ3) is 6.62. The van der Waals surface area contributed by atoms with Crippen LogP contribution in [0.15, 0.2) is 48.5 Å². The van der Waals surface area contributed by atoms with E-state index in [0.717, 1.165) is 22.3 Å². The molecule has 3 rings (SSSR count). The summed E-state index contributed by atoms with van der Waals surface area (Å²) in [6.45, 7) is 9.72. The minimum absolute atomic E-state index is 0.0517. The van der Waals surface area contributed by atoms with Gasteiger partial charge in [0.05, 0.1) is 5.92 Å². The van der Waals surface area contributed by atoms with Crippen LogP contribution in [0.25, 0.3) is 11.1 Å². The molecule has 2 atom stereocenters. The van der Waals surface area contributed by atoms with Crippen LogP contribution in [0.4, 0.5) is 4.79 Å². The van der Waals surface area contributed by atoms with E-state index < -0.39 is 24.0 Å². The third-order valence-corrected chi connectivity index (χ3v) is 6.30. The van der Waals surface area contributed by atoms with Crippen LogP contribution in [0, 0.1) is 17.3 Å². The molecule has 7 nitrogen and oxygen atoms in total. The fourth-order valence-corrected chi connectivity index (χ4v) is 4.64. The minimum Gasteiger partial charge on any atom is -0.480 e. The molecule has 0 fully saturated rings. The van der Waals surface area contributed by atoms with E-state index in [4.69, 9.17) is 4.74 Å². The molecule has 1 unspecified atom stereocenters. The van der Waals surface area contributed by atoms with Crippen LogP contribution < -0.4 is 10.6 Å². The number of hydrogen-bond acceptors (Lipinski definition) is 4. The number of carboxylic acid groups (broad SMARTS) is 1. The van der Waals surface area contributed by atoms with Crippen molar-refractivity contribution in [2.75, 3.05) is 13.2 Å². The molecular weight excluding hydrogens is 444 g/mol. The van der Waals surface area contributed by atoms with Crippen LogP contribution in [0.2, 0.25) is 0 Å². The summed E-state index contributed by atoms with van der Waals surface area (Å²) in [7, 11) is 0. The number of ether oxygens (including phenoxy) is 1. The van der Waals surface area contributed by atoms with E-state index in [1.165, 1.54) is 0 Å². The lowest BCUT2D eigenvalue weighted by Gasteiger charge is -2.27. The number of carboxylic acids is 1. The van der Waals surface area contributed by atoms with Crippen molar-refractivity contribution in [3.8, 4) is 11.1 Å². The van der Waals surface area contributed by atoms with Gasteiger partial charge in [-0.15, -0.1) is 0 Å². The van der Waals surface area contributed by atoms with Crippen LogP contribution >= 0.6 is 0 Å². The van der Waals surface area contributed by atoms with Crippen molar-refractivity contribution >= 4 is 18.0 Å². The fraction of sp³-hybridized carbons (Fsp3) is 0.464. The molecule has 0 radical (unpaired) electrons. The Morgan fingerprint density at radius 3 is 2.00 bits per heavy atom. The maximum Gasteiger partial charge on any atom is 0.407 e. The standard InChI is InChI=1S/C28H36N2O5/c1-17(2)24(26(32)33)30-25(31)18(14-28(3,4)5)15-29-27(34)35-16-23-21-12-8-6-10-19(21)20-11-7-9-13-22(20)23/h6-13,17-18,23-24H,14-16H2,1-5H3,(H,29,34)(H,30,31)(H,32,33)/t18?,24-/m0/s1. The van der Waals surface area contributed by atoms with Gasteiger partial charge in [0, 0.05) is 12.5 Å². The summed E-state index contributed by atoms with van der Waals surface area (Å²) >= 11 is 0. The Morgan fingerprint density at radius 2 is 1.51 bits per heavy atom. The topological polar surface area (TPSA) is 105 Å². The van der Waals surface area contributed by atoms with Gasteiger partial charge < -0.3 is 20.5 Å². The summed E-state index contributed by atoms with van der Waals surface area (Å²) in [6, 6.07) is 15.2. The van der Waals surface area contributed by atoms with E-state index >= 15 is 0 Å². The van der Waals surface area contributed by atoms with Crippen molar-refractivity contribution in [1.82, 2.24) is 10.6 Å².